The Morgan fingerprint density at radius 2 is 1.73 bits per heavy atom. The van der Waals surface area contributed by atoms with Crippen LogP contribution >= 0.6 is 0 Å². The number of carbonyl (C=O) groups is 1. The first-order valence-corrected chi connectivity index (χ1v) is 12.1. The van der Waals surface area contributed by atoms with Crippen LogP contribution in [0.4, 0.5) is 18.9 Å². The number of hydrogen-bond donors (Lipinski definition) is 2. The second-order valence-corrected chi connectivity index (χ2v) is 9.32. The first-order valence-electron chi connectivity index (χ1n) is 12.1. The minimum absolute atomic E-state index is 0.297. The molecule has 4 aromatic rings. The Kier molecular flexibility index (Phi) is 6.80. The molecule has 0 saturated heterocycles. The number of alkyl halides is 3. The standard InChI is InChI=1S/C30H26F3N3O/c1-19-5-4-7-27(28(19)20-8-11-23(12-9-20)30(31,32)33)29(37)36-24-13-10-21-15-26(17-22(21)16-24)35-18-25-6-2-3-14-34-25/h2-14,16,26,35H,15,17-18H2,1H3,(H,36,37). The van der Waals surface area contributed by atoms with E-state index in [0.717, 1.165) is 36.2 Å². The van der Waals surface area contributed by atoms with E-state index in [-0.39, 0.29) is 5.91 Å². The molecule has 0 fully saturated rings. The van der Waals surface area contributed by atoms with Gasteiger partial charge in [-0.15, -0.1) is 0 Å². The molecule has 0 aliphatic heterocycles. The highest BCUT2D eigenvalue weighted by Gasteiger charge is 2.30. The molecule has 4 nitrogen and oxygen atoms in total. The second kappa shape index (κ2) is 10.2. The van der Waals surface area contributed by atoms with Crippen molar-refractivity contribution >= 4 is 11.6 Å². The van der Waals surface area contributed by atoms with E-state index < -0.39 is 11.7 Å². The Balaban J connectivity index is 1.31. The van der Waals surface area contributed by atoms with Crippen molar-refractivity contribution in [3.05, 3.63) is 119 Å². The van der Waals surface area contributed by atoms with Crippen LogP contribution in [-0.2, 0) is 25.6 Å². The highest BCUT2D eigenvalue weighted by molar-refractivity contribution is 6.09. The van der Waals surface area contributed by atoms with Gasteiger partial charge in [-0.25, -0.2) is 0 Å². The van der Waals surface area contributed by atoms with E-state index in [0.29, 0.717) is 35.0 Å². The maximum Gasteiger partial charge on any atom is 0.416 e. The minimum Gasteiger partial charge on any atom is -0.322 e. The first kappa shape index (κ1) is 24.7. The fourth-order valence-electron chi connectivity index (χ4n) is 4.86. The van der Waals surface area contributed by atoms with Crippen molar-refractivity contribution < 1.29 is 18.0 Å². The van der Waals surface area contributed by atoms with Crippen LogP contribution in [0, 0.1) is 6.92 Å². The maximum absolute atomic E-state index is 13.3. The van der Waals surface area contributed by atoms with Crippen molar-refractivity contribution in [1.82, 2.24) is 10.3 Å². The van der Waals surface area contributed by atoms with Crippen molar-refractivity contribution in [2.75, 3.05) is 5.32 Å². The van der Waals surface area contributed by atoms with Gasteiger partial charge < -0.3 is 10.6 Å². The number of hydrogen-bond acceptors (Lipinski definition) is 3. The number of aryl methyl sites for hydroxylation is 1. The van der Waals surface area contributed by atoms with Crippen LogP contribution in [0.2, 0.25) is 0 Å². The fourth-order valence-corrected chi connectivity index (χ4v) is 4.86. The quantitative estimate of drug-likeness (QED) is 0.314. The van der Waals surface area contributed by atoms with Gasteiger partial charge in [-0.2, -0.15) is 13.2 Å². The Hall–Kier alpha value is -3.97. The zero-order valence-electron chi connectivity index (χ0n) is 20.3. The molecule has 2 N–H and O–H groups in total. The lowest BCUT2D eigenvalue weighted by molar-refractivity contribution is -0.137. The predicted octanol–water partition coefficient (Wildman–Crippen LogP) is 6.59. The third-order valence-electron chi connectivity index (χ3n) is 6.71. The van der Waals surface area contributed by atoms with Gasteiger partial charge in [0.15, 0.2) is 0 Å². The minimum atomic E-state index is -4.41. The summed E-state index contributed by atoms with van der Waals surface area (Å²) in [6.45, 7) is 2.54. The molecular weight excluding hydrogens is 475 g/mol. The molecule has 3 aromatic carbocycles. The van der Waals surface area contributed by atoms with E-state index in [4.69, 9.17) is 0 Å². The lowest BCUT2D eigenvalue weighted by Crippen LogP contribution is -2.29. The number of rotatable bonds is 6. The molecule has 0 radical (unpaired) electrons. The van der Waals surface area contributed by atoms with E-state index in [1.807, 2.05) is 49.4 Å². The summed E-state index contributed by atoms with van der Waals surface area (Å²) in [7, 11) is 0. The Labute approximate surface area is 213 Å². The lowest BCUT2D eigenvalue weighted by atomic mass is 9.93. The number of anilines is 1. The van der Waals surface area contributed by atoms with Gasteiger partial charge in [0.2, 0.25) is 0 Å². The monoisotopic (exact) mass is 501 g/mol. The van der Waals surface area contributed by atoms with E-state index in [2.05, 4.69) is 15.6 Å². The van der Waals surface area contributed by atoms with Gasteiger partial charge in [0, 0.05) is 30.0 Å². The van der Waals surface area contributed by atoms with Crippen molar-refractivity contribution in [3.63, 3.8) is 0 Å². The summed E-state index contributed by atoms with van der Waals surface area (Å²) in [5, 5.41) is 6.54. The van der Waals surface area contributed by atoms with Gasteiger partial charge in [-0.3, -0.25) is 9.78 Å². The number of nitrogens with zero attached hydrogens (tertiary/aromatic N) is 1. The third-order valence-corrected chi connectivity index (χ3v) is 6.71. The SMILES string of the molecule is Cc1cccc(C(=O)Nc2ccc3c(c2)CC(NCc2ccccn2)C3)c1-c1ccc(C(F)(F)F)cc1. The van der Waals surface area contributed by atoms with E-state index >= 15 is 0 Å². The zero-order valence-corrected chi connectivity index (χ0v) is 20.3. The van der Waals surface area contributed by atoms with Crippen LogP contribution in [0.15, 0.2) is 85.1 Å². The number of carbonyl (C=O) groups excluding carboxylic acids is 1. The molecule has 0 saturated carbocycles. The Bertz CT molecular complexity index is 1420. The molecule has 7 heteroatoms. The second-order valence-electron chi connectivity index (χ2n) is 9.32. The molecule has 1 unspecified atom stereocenters. The summed E-state index contributed by atoms with van der Waals surface area (Å²) < 4.78 is 39.1. The summed E-state index contributed by atoms with van der Waals surface area (Å²) in [4.78, 5) is 17.7. The molecule has 0 spiro atoms. The van der Waals surface area contributed by atoms with Crippen molar-refractivity contribution in [1.29, 1.82) is 0 Å². The average Bonchev–Trinajstić information content (AvgIpc) is 3.30. The van der Waals surface area contributed by atoms with Crippen molar-refractivity contribution in [2.24, 2.45) is 0 Å². The normalized spacial score (nSPS) is 14.9. The average molecular weight is 502 g/mol. The molecule has 5 rings (SSSR count). The highest BCUT2D eigenvalue weighted by atomic mass is 19.4. The topological polar surface area (TPSA) is 54.0 Å². The van der Waals surface area contributed by atoms with Crippen LogP contribution in [0.5, 0.6) is 0 Å². The molecule has 1 amide bonds. The molecule has 188 valence electrons. The van der Waals surface area contributed by atoms with Crippen LogP contribution in [0.25, 0.3) is 11.1 Å². The smallest absolute Gasteiger partial charge is 0.322 e. The van der Waals surface area contributed by atoms with E-state index in [9.17, 15) is 18.0 Å². The Morgan fingerprint density at radius 1 is 0.946 bits per heavy atom. The van der Waals surface area contributed by atoms with E-state index in [1.165, 1.54) is 23.3 Å². The van der Waals surface area contributed by atoms with Gasteiger partial charge in [0.25, 0.3) is 5.91 Å². The number of fused-ring (bicyclic) bond motifs is 1. The van der Waals surface area contributed by atoms with Gasteiger partial charge in [0.05, 0.1) is 11.3 Å². The molecule has 1 heterocycles. The molecule has 1 aliphatic carbocycles. The van der Waals surface area contributed by atoms with Crippen LogP contribution in [0.1, 0.15) is 38.3 Å². The first-order chi connectivity index (χ1) is 17.8. The number of aromatic nitrogens is 1. The third kappa shape index (κ3) is 5.57. The molecule has 1 aliphatic rings. The fraction of sp³-hybridized carbons (Fsp3) is 0.200. The van der Waals surface area contributed by atoms with Crippen LogP contribution in [-0.4, -0.2) is 16.9 Å². The number of pyridine rings is 1. The van der Waals surface area contributed by atoms with Crippen molar-refractivity contribution in [3.8, 4) is 11.1 Å². The largest absolute Gasteiger partial charge is 0.416 e. The Morgan fingerprint density at radius 3 is 2.46 bits per heavy atom. The lowest BCUT2D eigenvalue weighted by Gasteiger charge is -2.15. The summed E-state index contributed by atoms with van der Waals surface area (Å²) in [6, 6.07) is 22.3. The van der Waals surface area contributed by atoms with Gasteiger partial charge in [-0.05, 0) is 90.0 Å². The summed E-state index contributed by atoms with van der Waals surface area (Å²) >= 11 is 0. The number of amides is 1. The summed E-state index contributed by atoms with van der Waals surface area (Å²) in [5.41, 5.74) is 5.80. The predicted molar refractivity (Wildman–Crippen MR) is 138 cm³/mol. The van der Waals surface area contributed by atoms with E-state index in [1.54, 1.807) is 18.3 Å². The molecule has 1 atom stereocenters. The number of halogens is 3. The number of nitrogens with one attached hydrogen (secondary N) is 2. The van der Waals surface area contributed by atoms with Gasteiger partial charge in [0.1, 0.15) is 0 Å². The van der Waals surface area contributed by atoms with Crippen molar-refractivity contribution in [2.45, 2.75) is 38.5 Å². The number of benzene rings is 3. The van der Waals surface area contributed by atoms with Gasteiger partial charge in [-0.1, -0.05) is 36.4 Å². The molecule has 1 aromatic heterocycles. The zero-order chi connectivity index (χ0) is 26.0. The summed E-state index contributed by atoms with van der Waals surface area (Å²) in [5.74, 6) is -0.304. The van der Waals surface area contributed by atoms with Crippen LogP contribution < -0.4 is 10.6 Å². The molecular formula is C30H26F3N3O. The molecule has 0 bridgehead atoms. The highest BCUT2D eigenvalue weighted by Crippen LogP contribution is 2.34. The van der Waals surface area contributed by atoms with Gasteiger partial charge >= 0.3 is 6.18 Å². The molecule has 37 heavy (non-hydrogen) atoms. The van der Waals surface area contributed by atoms with Crippen LogP contribution in [0.3, 0.4) is 0 Å². The maximum atomic E-state index is 13.3. The summed E-state index contributed by atoms with van der Waals surface area (Å²) in [6.07, 6.45) is -0.864.